The number of alkyl halides is 3. The van der Waals surface area contributed by atoms with Gasteiger partial charge in [-0.1, -0.05) is 0 Å². The van der Waals surface area contributed by atoms with Crippen molar-refractivity contribution in [2.75, 3.05) is 25.4 Å². The number of carbonyl (C=O) groups is 2. The Kier molecular flexibility index (Phi) is 5.30. The lowest BCUT2D eigenvalue weighted by Gasteiger charge is -2.45. The number of carbonyl (C=O) groups excluding carboxylic acids is 2. The van der Waals surface area contributed by atoms with Crippen molar-refractivity contribution in [1.82, 2.24) is 14.7 Å². The molecule has 0 radical (unpaired) electrons. The van der Waals surface area contributed by atoms with Crippen LogP contribution in [0.5, 0.6) is 5.75 Å². The first-order chi connectivity index (χ1) is 15.0. The minimum absolute atomic E-state index is 0.0249. The third kappa shape index (κ3) is 4.11. The Labute approximate surface area is 182 Å². The topological polar surface area (TPSA) is 116 Å². The number of benzene rings is 1. The monoisotopic (exact) mass is 451 g/mol. The standard InChI is InChI=1S/C21H24F3N5O3/c1-12(30)28-7-6-20(10-28)8-14(9-20)29-18(25)16(19(26)31)17(27-29)13-2-4-15(5-3-13)32-11-21(22,23)24/h2-5,14H,6-11,25H2,1H3,(H2,26,31)/t14-,20-. The largest absolute Gasteiger partial charge is 0.484 e. The van der Waals surface area contributed by atoms with Crippen LogP contribution >= 0.6 is 0 Å². The first kappa shape index (κ1) is 22.0. The molecule has 2 aromatic rings. The predicted molar refractivity (Wildman–Crippen MR) is 110 cm³/mol. The Morgan fingerprint density at radius 2 is 1.91 bits per heavy atom. The molecule has 4 N–H and O–H groups in total. The summed E-state index contributed by atoms with van der Waals surface area (Å²) in [6.07, 6.45) is -1.96. The van der Waals surface area contributed by atoms with E-state index < -0.39 is 18.7 Å². The van der Waals surface area contributed by atoms with E-state index >= 15 is 0 Å². The minimum atomic E-state index is -4.44. The highest BCUT2D eigenvalue weighted by atomic mass is 19.4. The number of nitrogen functional groups attached to an aromatic ring is 1. The number of anilines is 1. The van der Waals surface area contributed by atoms with E-state index in [1.54, 1.807) is 11.6 Å². The molecule has 172 valence electrons. The van der Waals surface area contributed by atoms with Crippen LogP contribution in [0.4, 0.5) is 19.0 Å². The van der Waals surface area contributed by atoms with Crippen LogP contribution in [0.3, 0.4) is 0 Å². The molecule has 0 unspecified atom stereocenters. The maximum atomic E-state index is 12.3. The van der Waals surface area contributed by atoms with Gasteiger partial charge in [0, 0.05) is 25.6 Å². The van der Waals surface area contributed by atoms with Gasteiger partial charge >= 0.3 is 6.18 Å². The molecule has 1 aromatic carbocycles. The number of nitrogens with two attached hydrogens (primary N) is 2. The minimum Gasteiger partial charge on any atom is -0.484 e. The van der Waals surface area contributed by atoms with Gasteiger partial charge in [-0.25, -0.2) is 4.68 Å². The van der Waals surface area contributed by atoms with Gasteiger partial charge in [0.15, 0.2) is 6.61 Å². The summed E-state index contributed by atoms with van der Waals surface area (Å²) in [6.45, 7) is 1.60. The zero-order valence-electron chi connectivity index (χ0n) is 17.5. The summed E-state index contributed by atoms with van der Waals surface area (Å²) in [6, 6.07) is 5.73. The van der Waals surface area contributed by atoms with Gasteiger partial charge in [-0.2, -0.15) is 18.3 Å². The van der Waals surface area contributed by atoms with Crippen LogP contribution in [0.15, 0.2) is 24.3 Å². The zero-order chi connectivity index (χ0) is 23.3. The molecule has 1 saturated heterocycles. The van der Waals surface area contributed by atoms with Crippen LogP contribution in [0.1, 0.15) is 42.6 Å². The number of hydrogen-bond acceptors (Lipinski definition) is 5. The molecule has 1 aromatic heterocycles. The van der Waals surface area contributed by atoms with Crippen molar-refractivity contribution >= 4 is 17.6 Å². The zero-order valence-corrected chi connectivity index (χ0v) is 17.5. The van der Waals surface area contributed by atoms with E-state index in [9.17, 15) is 22.8 Å². The molecule has 0 bridgehead atoms. The Morgan fingerprint density at radius 1 is 1.25 bits per heavy atom. The van der Waals surface area contributed by atoms with Gasteiger partial charge in [0.1, 0.15) is 22.8 Å². The van der Waals surface area contributed by atoms with Crippen molar-refractivity contribution in [2.24, 2.45) is 11.1 Å². The fourth-order valence-electron chi connectivity index (χ4n) is 4.69. The average Bonchev–Trinajstić information content (AvgIpc) is 3.27. The van der Waals surface area contributed by atoms with Crippen LogP contribution in [0.2, 0.25) is 0 Å². The van der Waals surface area contributed by atoms with Crippen molar-refractivity contribution in [2.45, 2.75) is 38.4 Å². The molecule has 0 atom stereocenters. The maximum absolute atomic E-state index is 12.3. The fourth-order valence-corrected chi connectivity index (χ4v) is 4.69. The van der Waals surface area contributed by atoms with Gasteiger partial charge in [-0.3, -0.25) is 9.59 Å². The van der Waals surface area contributed by atoms with Crippen LogP contribution in [0.25, 0.3) is 11.3 Å². The molecule has 32 heavy (non-hydrogen) atoms. The van der Waals surface area contributed by atoms with Crippen molar-refractivity contribution in [3.8, 4) is 17.0 Å². The second-order valence-corrected chi connectivity index (χ2v) is 8.60. The maximum Gasteiger partial charge on any atom is 0.422 e. The summed E-state index contributed by atoms with van der Waals surface area (Å²) in [5.41, 5.74) is 12.7. The first-order valence-corrected chi connectivity index (χ1v) is 10.2. The van der Waals surface area contributed by atoms with Gasteiger partial charge in [0.05, 0.1) is 6.04 Å². The van der Waals surface area contributed by atoms with Crippen LogP contribution in [0, 0.1) is 5.41 Å². The van der Waals surface area contributed by atoms with Crippen molar-refractivity contribution < 1.29 is 27.5 Å². The molecule has 1 saturated carbocycles. The molecule has 2 aliphatic rings. The van der Waals surface area contributed by atoms with Gasteiger partial charge in [-0.15, -0.1) is 0 Å². The summed E-state index contributed by atoms with van der Waals surface area (Å²) in [7, 11) is 0. The second-order valence-electron chi connectivity index (χ2n) is 8.60. The highest BCUT2D eigenvalue weighted by Gasteiger charge is 2.50. The van der Waals surface area contributed by atoms with E-state index in [-0.39, 0.29) is 40.2 Å². The van der Waals surface area contributed by atoms with Crippen molar-refractivity contribution in [3.63, 3.8) is 0 Å². The SMILES string of the molecule is CC(=O)N1CC[C@]2(C1)C[C@H](n1nc(-c3ccc(OCC(F)(F)F)cc3)c(C(N)=O)c1N)C2. The smallest absolute Gasteiger partial charge is 0.422 e. The number of rotatable bonds is 5. The second kappa shape index (κ2) is 7.72. The lowest BCUT2D eigenvalue weighted by molar-refractivity contribution is -0.153. The van der Waals surface area contributed by atoms with E-state index in [1.807, 2.05) is 4.90 Å². The Hall–Kier alpha value is -3.24. The van der Waals surface area contributed by atoms with E-state index in [4.69, 9.17) is 16.2 Å². The van der Waals surface area contributed by atoms with Crippen molar-refractivity contribution in [3.05, 3.63) is 29.8 Å². The van der Waals surface area contributed by atoms with E-state index in [1.165, 1.54) is 24.3 Å². The number of primary amides is 1. The summed E-state index contributed by atoms with van der Waals surface area (Å²) in [4.78, 5) is 25.6. The normalized spacial score (nSPS) is 22.8. The van der Waals surface area contributed by atoms with E-state index in [0.717, 1.165) is 25.8 Å². The average molecular weight is 451 g/mol. The van der Waals surface area contributed by atoms with Gasteiger partial charge in [-0.05, 0) is 48.9 Å². The van der Waals surface area contributed by atoms with E-state index in [0.29, 0.717) is 12.1 Å². The molecule has 2 heterocycles. The van der Waals surface area contributed by atoms with E-state index in [2.05, 4.69) is 5.10 Å². The lowest BCUT2D eigenvalue weighted by atomic mass is 9.65. The number of ether oxygens (including phenoxy) is 1. The highest BCUT2D eigenvalue weighted by Crippen LogP contribution is 2.54. The van der Waals surface area contributed by atoms with Crippen LogP contribution in [-0.2, 0) is 4.79 Å². The Bertz CT molecular complexity index is 1040. The number of amides is 2. The lowest BCUT2D eigenvalue weighted by Crippen LogP contribution is -2.42. The number of nitrogens with zero attached hydrogens (tertiary/aromatic N) is 3. The Morgan fingerprint density at radius 3 is 2.44 bits per heavy atom. The first-order valence-electron chi connectivity index (χ1n) is 10.2. The molecule has 1 aliphatic heterocycles. The van der Waals surface area contributed by atoms with Crippen molar-refractivity contribution in [1.29, 1.82) is 0 Å². The fraction of sp³-hybridized carbons (Fsp3) is 0.476. The van der Waals surface area contributed by atoms with Crippen LogP contribution in [-0.4, -0.2) is 52.4 Å². The van der Waals surface area contributed by atoms with Crippen LogP contribution < -0.4 is 16.2 Å². The summed E-state index contributed by atoms with van der Waals surface area (Å²) in [5, 5.41) is 4.54. The summed E-state index contributed by atoms with van der Waals surface area (Å²) in [5.74, 6) is -0.480. The Balaban J connectivity index is 1.54. The quantitative estimate of drug-likeness (QED) is 0.725. The molecule has 1 spiro atoms. The predicted octanol–water partition coefficient (Wildman–Crippen LogP) is 2.75. The number of likely N-dealkylation sites (tertiary alicyclic amines) is 1. The van der Waals surface area contributed by atoms with Gasteiger partial charge < -0.3 is 21.1 Å². The molecule has 8 nitrogen and oxygen atoms in total. The number of aromatic nitrogens is 2. The third-order valence-electron chi connectivity index (χ3n) is 6.29. The summed E-state index contributed by atoms with van der Waals surface area (Å²) >= 11 is 0. The molecular formula is C21H24F3N5O3. The number of hydrogen-bond donors (Lipinski definition) is 2. The number of halogens is 3. The molecule has 2 fully saturated rings. The van der Waals surface area contributed by atoms with Gasteiger partial charge in [0.2, 0.25) is 5.91 Å². The molecule has 2 amide bonds. The molecule has 11 heteroatoms. The highest BCUT2D eigenvalue weighted by molar-refractivity contribution is 6.03. The van der Waals surface area contributed by atoms with Gasteiger partial charge in [0.25, 0.3) is 5.91 Å². The molecule has 1 aliphatic carbocycles. The third-order valence-corrected chi connectivity index (χ3v) is 6.29. The molecular weight excluding hydrogens is 427 g/mol. The molecule has 4 rings (SSSR count). The summed E-state index contributed by atoms with van der Waals surface area (Å²) < 4.78 is 43.3.